The molecule has 0 aliphatic carbocycles. The number of hydrogen-bond donors (Lipinski definition) is 3. The van der Waals surface area contributed by atoms with Crippen molar-refractivity contribution in [2.45, 2.75) is 9.79 Å². The van der Waals surface area contributed by atoms with Gasteiger partial charge in [0.1, 0.15) is 5.75 Å². The second kappa shape index (κ2) is 10.7. The van der Waals surface area contributed by atoms with Crippen LogP contribution in [0.1, 0.15) is 0 Å². The Labute approximate surface area is 182 Å². The van der Waals surface area contributed by atoms with Gasteiger partial charge in [0, 0.05) is 9.92 Å². The van der Waals surface area contributed by atoms with E-state index in [9.17, 15) is 18.0 Å². The standard InChI is InChI=1S/C17H17Cl2N3O5S2/c1-27-12-3-5-13(6-4-12)29(25,26)20-9-16(23)21-22-17(24)10-28-15-8-11(18)2-7-14(15)19/h2-8,20H,9-10H2,1H3,(H,21,23)(H,22,24). The number of sulfonamides is 1. The second-order valence-corrected chi connectivity index (χ2v) is 9.09. The van der Waals surface area contributed by atoms with Crippen LogP contribution in [-0.4, -0.2) is 39.6 Å². The third-order valence-electron chi connectivity index (χ3n) is 3.39. The lowest BCUT2D eigenvalue weighted by molar-refractivity contribution is -0.126. The number of halogens is 2. The quantitative estimate of drug-likeness (QED) is 0.396. The van der Waals surface area contributed by atoms with Crippen molar-refractivity contribution in [2.24, 2.45) is 0 Å². The molecule has 2 aromatic carbocycles. The average Bonchev–Trinajstić information content (AvgIpc) is 2.71. The van der Waals surface area contributed by atoms with Crippen LogP contribution in [0, 0.1) is 0 Å². The summed E-state index contributed by atoms with van der Waals surface area (Å²) in [7, 11) is -2.42. The summed E-state index contributed by atoms with van der Waals surface area (Å²) >= 11 is 13.0. The molecule has 0 saturated carbocycles. The van der Waals surface area contributed by atoms with E-state index in [-0.39, 0.29) is 10.6 Å². The molecule has 3 N–H and O–H groups in total. The fourth-order valence-electron chi connectivity index (χ4n) is 1.95. The van der Waals surface area contributed by atoms with Crippen molar-refractivity contribution in [2.75, 3.05) is 19.4 Å². The molecule has 0 bridgehead atoms. The monoisotopic (exact) mass is 477 g/mol. The first-order valence-corrected chi connectivity index (χ1v) is 11.2. The lowest BCUT2D eigenvalue weighted by Crippen LogP contribution is -2.46. The topological polar surface area (TPSA) is 114 Å². The molecular weight excluding hydrogens is 461 g/mol. The Kier molecular flexibility index (Phi) is 8.60. The molecule has 2 amide bonds. The second-order valence-electron chi connectivity index (χ2n) is 5.46. The van der Waals surface area contributed by atoms with Gasteiger partial charge >= 0.3 is 0 Å². The van der Waals surface area contributed by atoms with Crippen LogP contribution in [0.4, 0.5) is 0 Å². The minimum atomic E-state index is -3.88. The summed E-state index contributed by atoms with van der Waals surface area (Å²) in [6.45, 7) is -0.554. The van der Waals surface area contributed by atoms with Gasteiger partial charge in [-0.15, -0.1) is 11.8 Å². The summed E-state index contributed by atoms with van der Waals surface area (Å²) in [5.74, 6) is -0.766. The highest BCUT2D eigenvalue weighted by atomic mass is 35.5. The number of carbonyl (C=O) groups is 2. The fourth-order valence-corrected chi connectivity index (χ4v) is 4.22. The Bertz CT molecular complexity index is 985. The molecule has 0 fully saturated rings. The predicted molar refractivity (Wildman–Crippen MR) is 112 cm³/mol. The van der Waals surface area contributed by atoms with Crippen LogP contribution in [0.3, 0.4) is 0 Å². The van der Waals surface area contributed by atoms with Crippen LogP contribution in [0.15, 0.2) is 52.3 Å². The van der Waals surface area contributed by atoms with Crippen molar-refractivity contribution in [3.63, 3.8) is 0 Å². The van der Waals surface area contributed by atoms with E-state index in [0.717, 1.165) is 11.8 Å². The highest BCUT2D eigenvalue weighted by molar-refractivity contribution is 8.00. The van der Waals surface area contributed by atoms with Crippen LogP contribution in [0.25, 0.3) is 0 Å². The maximum Gasteiger partial charge on any atom is 0.253 e. The minimum Gasteiger partial charge on any atom is -0.497 e. The van der Waals surface area contributed by atoms with Crippen molar-refractivity contribution >= 4 is 56.8 Å². The summed E-state index contributed by atoms with van der Waals surface area (Å²) in [5.41, 5.74) is 4.32. The van der Waals surface area contributed by atoms with Gasteiger partial charge in [-0.2, -0.15) is 0 Å². The number of carbonyl (C=O) groups excluding carboxylic acids is 2. The third-order valence-corrected chi connectivity index (χ3v) is 6.54. The summed E-state index contributed by atoms with van der Waals surface area (Å²) in [5, 5.41) is 0.930. The van der Waals surface area contributed by atoms with E-state index < -0.39 is 28.4 Å². The molecule has 0 heterocycles. The zero-order valence-electron chi connectivity index (χ0n) is 15.1. The van der Waals surface area contributed by atoms with Crippen molar-refractivity contribution in [1.29, 1.82) is 0 Å². The number of amides is 2. The van der Waals surface area contributed by atoms with Crippen molar-refractivity contribution in [3.05, 3.63) is 52.5 Å². The molecule has 2 aromatic rings. The van der Waals surface area contributed by atoms with Crippen molar-refractivity contribution in [1.82, 2.24) is 15.6 Å². The third kappa shape index (κ3) is 7.41. The molecule has 2 rings (SSSR count). The fraction of sp³-hybridized carbons (Fsp3) is 0.176. The SMILES string of the molecule is COc1ccc(S(=O)(=O)NCC(=O)NNC(=O)CSc2cc(Cl)ccc2Cl)cc1. The van der Waals surface area contributed by atoms with Gasteiger partial charge < -0.3 is 4.74 Å². The van der Waals surface area contributed by atoms with Gasteiger partial charge in [0.15, 0.2) is 0 Å². The van der Waals surface area contributed by atoms with E-state index in [0.29, 0.717) is 20.7 Å². The Morgan fingerprint density at radius 1 is 1.03 bits per heavy atom. The average molecular weight is 478 g/mol. The zero-order valence-corrected chi connectivity index (χ0v) is 18.2. The van der Waals surface area contributed by atoms with E-state index in [1.165, 1.54) is 31.4 Å². The predicted octanol–water partition coefficient (Wildman–Crippen LogP) is 2.22. The Balaban J connectivity index is 1.77. The molecule has 0 radical (unpaired) electrons. The highest BCUT2D eigenvalue weighted by Gasteiger charge is 2.16. The van der Waals surface area contributed by atoms with Gasteiger partial charge in [0.05, 0.1) is 29.3 Å². The van der Waals surface area contributed by atoms with E-state index in [2.05, 4.69) is 15.6 Å². The number of nitrogens with one attached hydrogen (secondary N) is 3. The first-order chi connectivity index (χ1) is 13.7. The number of rotatable bonds is 8. The normalized spacial score (nSPS) is 11.0. The number of ether oxygens (including phenoxy) is 1. The minimum absolute atomic E-state index is 0.0232. The van der Waals surface area contributed by atoms with Crippen LogP contribution < -0.4 is 20.3 Å². The summed E-state index contributed by atoms with van der Waals surface area (Å²) in [4.78, 5) is 24.2. The van der Waals surface area contributed by atoms with E-state index in [1.807, 2.05) is 0 Å². The lowest BCUT2D eigenvalue weighted by Gasteiger charge is -2.10. The molecule has 8 nitrogen and oxygen atoms in total. The molecule has 0 aromatic heterocycles. The van der Waals surface area contributed by atoms with Gasteiger partial charge in [0.2, 0.25) is 15.9 Å². The Morgan fingerprint density at radius 3 is 2.34 bits per heavy atom. The molecule has 0 unspecified atom stereocenters. The van der Waals surface area contributed by atoms with Gasteiger partial charge in [-0.1, -0.05) is 23.2 Å². The lowest BCUT2D eigenvalue weighted by atomic mass is 10.3. The number of benzene rings is 2. The summed E-state index contributed by atoms with van der Waals surface area (Å²) < 4.78 is 31.4. The molecule has 156 valence electrons. The maximum atomic E-state index is 12.1. The van der Waals surface area contributed by atoms with Crippen molar-refractivity contribution in [3.8, 4) is 5.75 Å². The number of thioether (sulfide) groups is 1. The molecule has 0 saturated heterocycles. The number of hydrazine groups is 1. The zero-order chi connectivity index (χ0) is 21.4. The highest BCUT2D eigenvalue weighted by Crippen LogP contribution is 2.29. The molecule has 29 heavy (non-hydrogen) atoms. The smallest absolute Gasteiger partial charge is 0.253 e. The number of methoxy groups -OCH3 is 1. The first kappa shape index (κ1) is 23.3. The van der Waals surface area contributed by atoms with Gasteiger partial charge in [0.25, 0.3) is 5.91 Å². The van der Waals surface area contributed by atoms with E-state index in [4.69, 9.17) is 27.9 Å². The number of hydrogen-bond acceptors (Lipinski definition) is 6. The molecule has 0 spiro atoms. The largest absolute Gasteiger partial charge is 0.497 e. The van der Waals surface area contributed by atoms with Gasteiger partial charge in [-0.3, -0.25) is 20.4 Å². The molecule has 12 heteroatoms. The summed E-state index contributed by atoms with van der Waals surface area (Å²) in [6.07, 6.45) is 0. The molecule has 0 aliphatic rings. The van der Waals surface area contributed by atoms with Crippen molar-refractivity contribution < 1.29 is 22.7 Å². The van der Waals surface area contributed by atoms with Gasteiger partial charge in [-0.25, -0.2) is 13.1 Å². The molecule has 0 atom stereocenters. The Hall–Kier alpha value is -1.98. The molecular formula is C17H17Cl2N3O5S2. The van der Waals surface area contributed by atoms with E-state index >= 15 is 0 Å². The van der Waals surface area contributed by atoms with Crippen LogP contribution in [0.2, 0.25) is 10.0 Å². The van der Waals surface area contributed by atoms with Crippen LogP contribution in [0.5, 0.6) is 5.75 Å². The van der Waals surface area contributed by atoms with E-state index in [1.54, 1.807) is 18.2 Å². The Morgan fingerprint density at radius 2 is 1.69 bits per heavy atom. The van der Waals surface area contributed by atoms with Gasteiger partial charge in [-0.05, 0) is 42.5 Å². The maximum absolute atomic E-state index is 12.1. The summed E-state index contributed by atoms with van der Waals surface area (Å²) in [6, 6.07) is 10.5. The molecule has 0 aliphatic heterocycles. The first-order valence-electron chi connectivity index (χ1n) is 8.00. The van der Waals surface area contributed by atoms with Crippen LogP contribution in [-0.2, 0) is 19.6 Å². The van der Waals surface area contributed by atoms with Crippen LogP contribution >= 0.6 is 35.0 Å².